The van der Waals surface area contributed by atoms with Crippen molar-refractivity contribution in [1.29, 1.82) is 0 Å². The number of benzene rings is 1. The lowest BCUT2D eigenvalue weighted by Crippen LogP contribution is -2.39. The van der Waals surface area contributed by atoms with Gasteiger partial charge in [-0.3, -0.25) is 4.79 Å². The van der Waals surface area contributed by atoms with Gasteiger partial charge >= 0.3 is 0 Å². The van der Waals surface area contributed by atoms with Crippen LogP contribution in [-0.4, -0.2) is 46.7 Å². The number of ether oxygens (including phenoxy) is 2. The maximum atomic E-state index is 12.7. The summed E-state index contributed by atoms with van der Waals surface area (Å²) < 4.78 is 13.1. The maximum absolute atomic E-state index is 12.7. The molecule has 27 heavy (non-hydrogen) atoms. The van der Waals surface area contributed by atoms with Crippen molar-refractivity contribution in [3.8, 4) is 5.75 Å². The Balaban J connectivity index is 1.71. The molecule has 1 amide bonds. The molecule has 1 aromatic heterocycles. The predicted octanol–water partition coefficient (Wildman–Crippen LogP) is 3.10. The largest absolute Gasteiger partial charge is 0.497 e. The third-order valence-electron chi connectivity index (χ3n) is 4.90. The molecule has 2 aromatic rings. The van der Waals surface area contributed by atoms with Crippen LogP contribution in [-0.2, 0) is 22.6 Å². The van der Waals surface area contributed by atoms with Crippen molar-refractivity contribution >= 4 is 5.91 Å². The van der Waals surface area contributed by atoms with E-state index < -0.39 is 0 Å². The van der Waals surface area contributed by atoms with Gasteiger partial charge < -0.3 is 18.9 Å². The van der Waals surface area contributed by atoms with Gasteiger partial charge in [0.25, 0.3) is 0 Å². The lowest BCUT2D eigenvalue weighted by atomic mass is 10.1. The Morgan fingerprint density at radius 2 is 2.15 bits per heavy atom. The third kappa shape index (κ3) is 5.10. The fourth-order valence-corrected chi connectivity index (χ4v) is 3.37. The van der Waals surface area contributed by atoms with Crippen LogP contribution in [0.15, 0.2) is 36.7 Å². The lowest BCUT2D eigenvalue weighted by Gasteiger charge is -2.27. The van der Waals surface area contributed by atoms with Crippen LogP contribution >= 0.6 is 0 Å². The van der Waals surface area contributed by atoms with Crippen LogP contribution in [0, 0.1) is 5.92 Å². The van der Waals surface area contributed by atoms with E-state index in [-0.39, 0.29) is 17.9 Å². The van der Waals surface area contributed by atoms with Gasteiger partial charge in [0.2, 0.25) is 5.91 Å². The van der Waals surface area contributed by atoms with E-state index in [2.05, 4.69) is 9.55 Å². The Hall–Kier alpha value is -2.34. The molecule has 1 aliphatic rings. The van der Waals surface area contributed by atoms with Crippen LogP contribution in [0.25, 0.3) is 0 Å². The van der Waals surface area contributed by atoms with Crippen molar-refractivity contribution in [2.24, 2.45) is 5.92 Å². The molecule has 1 atom stereocenters. The molecule has 1 aromatic carbocycles. The van der Waals surface area contributed by atoms with Crippen molar-refractivity contribution in [2.45, 2.75) is 45.9 Å². The lowest BCUT2D eigenvalue weighted by molar-refractivity contribution is -0.136. The fraction of sp³-hybridized carbons (Fsp3) is 0.524. The van der Waals surface area contributed by atoms with Gasteiger partial charge in [0.15, 0.2) is 0 Å². The second-order valence-electron chi connectivity index (χ2n) is 7.33. The average molecular weight is 371 g/mol. The second-order valence-corrected chi connectivity index (χ2v) is 7.33. The molecule has 0 spiro atoms. The standard InChI is InChI=1S/C21H29N3O3/c1-16(2)21(25)24(14-19-5-4-12-27-19)15-20-22-10-11-23(20)13-17-6-8-18(26-3)9-7-17/h6-11,16,19H,4-5,12-15H2,1-3H3. The SMILES string of the molecule is COc1ccc(Cn2ccnc2CN(CC2CCCO2)C(=O)C(C)C)cc1. The minimum atomic E-state index is -0.0450. The van der Waals surface area contributed by atoms with Crippen LogP contribution in [0.1, 0.15) is 38.1 Å². The zero-order valence-electron chi connectivity index (χ0n) is 16.4. The van der Waals surface area contributed by atoms with E-state index in [1.54, 1.807) is 13.3 Å². The van der Waals surface area contributed by atoms with E-state index in [1.807, 2.05) is 49.2 Å². The van der Waals surface area contributed by atoms with Gasteiger partial charge in [-0.05, 0) is 30.5 Å². The zero-order chi connectivity index (χ0) is 19.2. The molecule has 1 aliphatic heterocycles. The summed E-state index contributed by atoms with van der Waals surface area (Å²) in [4.78, 5) is 19.1. The Kier molecular flexibility index (Phi) is 6.50. The molecule has 6 nitrogen and oxygen atoms in total. The zero-order valence-corrected chi connectivity index (χ0v) is 16.4. The summed E-state index contributed by atoms with van der Waals surface area (Å²) in [5.74, 6) is 1.83. The number of methoxy groups -OCH3 is 1. The Morgan fingerprint density at radius 1 is 1.37 bits per heavy atom. The van der Waals surface area contributed by atoms with Crippen LogP contribution in [0.3, 0.4) is 0 Å². The summed E-state index contributed by atoms with van der Waals surface area (Å²) in [5, 5.41) is 0. The molecule has 6 heteroatoms. The molecule has 0 N–H and O–H groups in total. The first-order valence-corrected chi connectivity index (χ1v) is 9.60. The van der Waals surface area contributed by atoms with Crippen LogP contribution in [0.2, 0.25) is 0 Å². The van der Waals surface area contributed by atoms with Crippen molar-refractivity contribution in [1.82, 2.24) is 14.5 Å². The number of carbonyl (C=O) groups excluding carboxylic acids is 1. The number of amides is 1. The van der Waals surface area contributed by atoms with E-state index in [9.17, 15) is 4.79 Å². The highest BCUT2D eigenvalue weighted by atomic mass is 16.5. The molecule has 0 bridgehead atoms. The Morgan fingerprint density at radius 3 is 2.78 bits per heavy atom. The third-order valence-corrected chi connectivity index (χ3v) is 4.90. The fourth-order valence-electron chi connectivity index (χ4n) is 3.37. The topological polar surface area (TPSA) is 56.6 Å². The van der Waals surface area contributed by atoms with E-state index in [0.717, 1.165) is 36.6 Å². The molecule has 0 aliphatic carbocycles. The average Bonchev–Trinajstić information content (AvgIpc) is 3.33. The maximum Gasteiger partial charge on any atom is 0.225 e. The highest BCUT2D eigenvalue weighted by Crippen LogP contribution is 2.18. The van der Waals surface area contributed by atoms with Gasteiger partial charge in [-0.2, -0.15) is 0 Å². The molecule has 0 radical (unpaired) electrons. The molecule has 0 saturated carbocycles. The van der Waals surface area contributed by atoms with Crippen LogP contribution in [0.5, 0.6) is 5.75 Å². The predicted molar refractivity (Wildman–Crippen MR) is 104 cm³/mol. The van der Waals surface area contributed by atoms with Crippen molar-refractivity contribution < 1.29 is 14.3 Å². The molecule has 1 saturated heterocycles. The second kappa shape index (κ2) is 9.04. The molecular weight excluding hydrogens is 342 g/mol. The van der Waals surface area contributed by atoms with Gasteiger partial charge in [0.05, 0.1) is 19.8 Å². The normalized spacial score (nSPS) is 16.7. The molecule has 1 unspecified atom stereocenters. The summed E-state index contributed by atoms with van der Waals surface area (Å²) in [6.45, 7) is 6.51. The molecule has 146 valence electrons. The molecular formula is C21H29N3O3. The van der Waals surface area contributed by atoms with E-state index in [4.69, 9.17) is 9.47 Å². The summed E-state index contributed by atoms with van der Waals surface area (Å²) in [5.41, 5.74) is 1.16. The van der Waals surface area contributed by atoms with E-state index in [0.29, 0.717) is 19.6 Å². The number of imidazole rings is 1. The van der Waals surface area contributed by atoms with Gasteiger partial charge in [0.1, 0.15) is 11.6 Å². The Bertz CT molecular complexity index is 733. The number of aromatic nitrogens is 2. The number of hydrogen-bond acceptors (Lipinski definition) is 4. The first kappa shape index (κ1) is 19.4. The smallest absolute Gasteiger partial charge is 0.225 e. The van der Waals surface area contributed by atoms with Crippen LogP contribution < -0.4 is 4.74 Å². The number of carbonyl (C=O) groups is 1. The van der Waals surface area contributed by atoms with Gasteiger partial charge in [-0.25, -0.2) is 4.98 Å². The monoisotopic (exact) mass is 371 g/mol. The molecule has 3 rings (SSSR count). The highest BCUT2D eigenvalue weighted by Gasteiger charge is 2.25. The minimum absolute atomic E-state index is 0.0450. The summed E-state index contributed by atoms with van der Waals surface area (Å²) in [6, 6.07) is 8.01. The van der Waals surface area contributed by atoms with Crippen molar-refractivity contribution in [3.63, 3.8) is 0 Å². The van der Waals surface area contributed by atoms with Crippen molar-refractivity contribution in [2.75, 3.05) is 20.3 Å². The summed E-state index contributed by atoms with van der Waals surface area (Å²) in [7, 11) is 1.66. The number of nitrogens with zero attached hydrogens (tertiary/aromatic N) is 3. The first-order chi connectivity index (χ1) is 13.1. The summed E-state index contributed by atoms with van der Waals surface area (Å²) >= 11 is 0. The molecule has 2 heterocycles. The quantitative estimate of drug-likeness (QED) is 0.715. The van der Waals surface area contributed by atoms with Gasteiger partial charge in [-0.15, -0.1) is 0 Å². The van der Waals surface area contributed by atoms with E-state index >= 15 is 0 Å². The minimum Gasteiger partial charge on any atom is -0.497 e. The number of hydrogen-bond donors (Lipinski definition) is 0. The molecule has 1 fully saturated rings. The van der Waals surface area contributed by atoms with Gasteiger partial charge in [-0.1, -0.05) is 26.0 Å². The van der Waals surface area contributed by atoms with Crippen LogP contribution in [0.4, 0.5) is 0 Å². The first-order valence-electron chi connectivity index (χ1n) is 9.60. The highest BCUT2D eigenvalue weighted by molar-refractivity contribution is 5.78. The van der Waals surface area contributed by atoms with E-state index in [1.165, 1.54) is 0 Å². The van der Waals surface area contributed by atoms with Gasteiger partial charge in [0, 0.05) is 38.0 Å². The number of rotatable bonds is 8. The van der Waals surface area contributed by atoms with Crippen molar-refractivity contribution in [3.05, 3.63) is 48.0 Å². The Labute approximate surface area is 161 Å². The summed E-state index contributed by atoms with van der Waals surface area (Å²) in [6.07, 6.45) is 5.98.